The van der Waals surface area contributed by atoms with Gasteiger partial charge in [-0.1, -0.05) is 54.6 Å². The van der Waals surface area contributed by atoms with E-state index in [4.69, 9.17) is 0 Å². The Balaban J connectivity index is 0.00000323. The molecule has 0 unspecified atom stereocenters. The molecule has 0 saturated carbocycles. The Morgan fingerprint density at radius 3 is 2.50 bits per heavy atom. The molecular formula is C30H30ClN7O2. The van der Waals surface area contributed by atoms with Crippen LogP contribution in [-0.4, -0.2) is 44.9 Å². The first-order valence-corrected chi connectivity index (χ1v) is 13.2. The molecule has 0 aliphatic carbocycles. The normalized spacial score (nSPS) is 13.7. The van der Waals surface area contributed by atoms with Gasteiger partial charge in [0.2, 0.25) is 0 Å². The van der Waals surface area contributed by atoms with Gasteiger partial charge in [-0.3, -0.25) is 18.9 Å². The molecule has 0 bridgehead atoms. The summed E-state index contributed by atoms with van der Waals surface area (Å²) in [5.41, 5.74) is 1.84. The smallest absolute Gasteiger partial charge is 0.331 e. The van der Waals surface area contributed by atoms with E-state index in [1.807, 2.05) is 65.2 Å². The van der Waals surface area contributed by atoms with Crippen molar-refractivity contribution >= 4 is 40.0 Å². The minimum absolute atomic E-state index is 0. The lowest BCUT2D eigenvalue weighted by molar-refractivity contribution is 0.647. The average molecular weight is 556 g/mol. The molecular weight excluding hydrogens is 526 g/mol. The van der Waals surface area contributed by atoms with Crippen molar-refractivity contribution in [3.63, 3.8) is 0 Å². The van der Waals surface area contributed by atoms with Gasteiger partial charge in [-0.05, 0) is 30.0 Å². The number of anilines is 1. The molecule has 1 saturated heterocycles. The molecule has 204 valence electrons. The lowest BCUT2D eigenvalue weighted by Gasteiger charge is -2.24. The van der Waals surface area contributed by atoms with Gasteiger partial charge in [0.1, 0.15) is 23.0 Å². The predicted molar refractivity (Wildman–Crippen MR) is 159 cm³/mol. The van der Waals surface area contributed by atoms with Gasteiger partial charge in [0.15, 0.2) is 0 Å². The first-order valence-electron chi connectivity index (χ1n) is 13.2. The molecule has 0 spiro atoms. The molecule has 5 aromatic rings. The molecule has 1 fully saturated rings. The SMILES string of the molecule is Cl.Cn1c(=O)n(Cc2nccc3ccccc23)c(=O)c2c1c(C#N)c(N1CCCNCC1)n2Cc1ccccc1. The molecule has 3 aromatic heterocycles. The van der Waals surface area contributed by atoms with E-state index in [2.05, 4.69) is 21.3 Å². The average Bonchev–Trinajstić information content (AvgIpc) is 3.09. The largest absolute Gasteiger partial charge is 0.356 e. The van der Waals surface area contributed by atoms with E-state index in [0.717, 1.165) is 42.4 Å². The van der Waals surface area contributed by atoms with Gasteiger partial charge >= 0.3 is 5.69 Å². The minimum atomic E-state index is -0.473. The minimum Gasteiger partial charge on any atom is -0.356 e. The second-order valence-corrected chi connectivity index (χ2v) is 9.88. The van der Waals surface area contributed by atoms with E-state index < -0.39 is 11.2 Å². The maximum absolute atomic E-state index is 14.2. The summed E-state index contributed by atoms with van der Waals surface area (Å²) in [7, 11) is 1.64. The molecule has 10 heteroatoms. The van der Waals surface area contributed by atoms with Crippen LogP contribution in [0.1, 0.15) is 23.2 Å². The highest BCUT2D eigenvalue weighted by Crippen LogP contribution is 2.31. The molecule has 40 heavy (non-hydrogen) atoms. The third kappa shape index (κ3) is 4.66. The van der Waals surface area contributed by atoms with Crippen molar-refractivity contribution in [2.24, 2.45) is 7.05 Å². The van der Waals surface area contributed by atoms with Crippen LogP contribution in [0.4, 0.5) is 5.82 Å². The molecule has 9 nitrogen and oxygen atoms in total. The highest BCUT2D eigenvalue weighted by Gasteiger charge is 2.28. The number of aryl methyl sites for hydroxylation is 1. The van der Waals surface area contributed by atoms with Crippen molar-refractivity contribution in [2.45, 2.75) is 19.5 Å². The number of halogens is 1. The van der Waals surface area contributed by atoms with Crippen LogP contribution < -0.4 is 21.5 Å². The molecule has 1 N–H and O–H groups in total. The van der Waals surface area contributed by atoms with Crippen LogP contribution in [0.3, 0.4) is 0 Å². The van der Waals surface area contributed by atoms with Crippen LogP contribution in [0.15, 0.2) is 76.4 Å². The van der Waals surface area contributed by atoms with Gasteiger partial charge in [-0.2, -0.15) is 5.26 Å². The topological polar surface area (TPSA) is 101 Å². The summed E-state index contributed by atoms with van der Waals surface area (Å²) in [4.78, 5) is 34.6. The van der Waals surface area contributed by atoms with Crippen LogP contribution in [0.25, 0.3) is 21.8 Å². The molecule has 0 amide bonds. The summed E-state index contributed by atoms with van der Waals surface area (Å²) in [6.07, 6.45) is 2.61. The summed E-state index contributed by atoms with van der Waals surface area (Å²) >= 11 is 0. The van der Waals surface area contributed by atoms with E-state index in [1.165, 1.54) is 9.13 Å². The highest BCUT2D eigenvalue weighted by molar-refractivity contribution is 5.90. The van der Waals surface area contributed by atoms with Gasteiger partial charge in [-0.25, -0.2) is 4.79 Å². The van der Waals surface area contributed by atoms with Crippen LogP contribution in [0.2, 0.25) is 0 Å². The summed E-state index contributed by atoms with van der Waals surface area (Å²) in [5, 5.41) is 15.7. The standard InChI is InChI=1S/C30H29N7O2.ClH/c1-34-26-24(18-31)28(35-16-7-13-32-15-17-35)36(19-21-8-3-2-4-9-21)27(26)29(38)37(30(34)39)20-25-23-11-6-5-10-22(23)12-14-33-25;/h2-6,8-12,14,32H,7,13,15-17,19-20H2,1H3;1H. The van der Waals surface area contributed by atoms with Crippen LogP contribution in [0, 0.1) is 11.3 Å². The Labute approximate surface area is 237 Å². The Morgan fingerprint density at radius 2 is 1.70 bits per heavy atom. The molecule has 0 radical (unpaired) electrons. The molecule has 0 atom stereocenters. The number of nitriles is 1. The number of nitrogens with zero attached hydrogens (tertiary/aromatic N) is 6. The fourth-order valence-corrected chi connectivity index (χ4v) is 5.63. The van der Waals surface area contributed by atoms with E-state index in [1.54, 1.807) is 13.2 Å². The molecule has 1 aliphatic heterocycles. The molecule has 2 aromatic carbocycles. The maximum atomic E-state index is 14.2. The van der Waals surface area contributed by atoms with Crippen molar-refractivity contribution < 1.29 is 0 Å². The van der Waals surface area contributed by atoms with E-state index >= 15 is 0 Å². The monoisotopic (exact) mass is 555 g/mol. The fourth-order valence-electron chi connectivity index (χ4n) is 5.63. The third-order valence-corrected chi connectivity index (χ3v) is 7.51. The lowest BCUT2D eigenvalue weighted by atomic mass is 10.1. The summed E-state index contributed by atoms with van der Waals surface area (Å²) in [5.74, 6) is 0.688. The highest BCUT2D eigenvalue weighted by atomic mass is 35.5. The van der Waals surface area contributed by atoms with Gasteiger partial charge in [-0.15, -0.1) is 12.4 Å². The van der Waals surface area contributed by atoms with Crippen molar-refractivity contribution in [1.82, 2.24) is 24.0 Å². The number of hydrogen-bond donors (Lipinski definition) is 1. The first kappa shape index (κ1) is 27.2. The zero-order chi connectivity index (χ0) is 26.9. The lowest BCUT2D eigenvalue weighted by Crippen LogP contribution is -2.40. The van der Waals surface area contributed by atoms with Gasteiger partial charge in [0.25, 0.3) is 5.56 Å². The zero-order valence-electron chi connectivity index (χ0n) is 22.2. The van der Waals surface area contributed by atoms with Crippen molar-refractivity contribution in [3.8, 4) is 6.07 Å². The Kier molecular flexibility index (Phi) is 7.74. The Bertz CT molecular complexity index is 1840. The summed E-state index contributed by atoms with van der Waals surface area (Å²) < 4.78 is 4.62. The maximum Gasteiger partial charge on any atom is 0.331 e. The van der Waals surface area contributed by atoms with Crippen molar-refractivity contribution in [1.29, 1.82) is 5.26 Å². The predicted octanol–water partition coefficient (Wildman–Crippen LogP) is 3.24. The van der Waals surface area contributed by atoms with Crippen LogP contribution >= 0.6 is 12.4 Å². The zero-order valence-corrected chi connectivity index (χ0v) is 23.0. The summed E-state index contributed by atoms with van der Waals surface area (Å²) in [6.45, 7) is 3.54. The third-order valence-electron chi connectivity index (χ3n) is 7.51. The van der Waals surface area contributed by atoms with E-state index in [-0.39, 0.29) is 19.0 Å². The van der Waals surface area contributed by atoms with Crippen molar-refractivity contribution in [3.05, 3.63) is 105 Å². The first-order chi connectivity index (χ1) is 19.1. The second kappa shape index (κ2) is 11.4. The Hall–Kier alpha value is -4.39. The van der Waals surface area contributed by atoms with E-state index in [0.29, 0.717) is 41.2 Å². The molecule has 6 rings (SSSR count). The fraction of sp³-hybridized carbons (Fsp3) is 0.267. The van der Waals surface area contributed by atoms with Crippen LogP contribution in [-0.2, 0) is 20.1 Å². The van der Waals surface area contributed by atoms with Gasteiger partial charge in [0, 0.05) is 44.8 Å². The summed E-state index contributed by atoms with van der Waals surface area (Å²) in [6, 6.07) is 21.9. The van der Waals surface area contributed by atoms with Crippen LogP contribution in [0.5, 0.6) is 0 Å². The van der Waals surface area contributed by atoms with Gasteiger partial charge in [0.05, 0.1) is 17.8 Å². The quantitative estimate of drug-likeness (QED) is 0.357. The number of benzene rings is 2. The van der Waals surface area contributed by atoms with Crippen molar-refractivity contribution in [2.75, 3.05) is 31.1 Å². The number of aromatic nitrogens is 4. The van der Waals surface area contributed by atoms with E-state index in [9.17, 15) is 14.9 Å². The molecule has 1 aliphatic rings. The number of rotatable bonds is 5. The number of pyridine rings is 1. The second-order valence-electron chi connectivity index (χ2n) is 9.88. The Morgan fingerprint density at radius 1 is 0.925 bits per heavy atom. The number of hydrogen-bond acceptors (Lipinski definition) is 6. The molecule has 4 heterocycles. The van der Waals surface area contributed by atoms with Gasteiger partial charge < -0.3 is 14.8 Å². The number of fused-ring (bicyclic) bond motifs is 2. The number of nitrogens with one attached hydrogen (secondary N) is 1.